The van der Waals surface area contributed by atoms with E-state index in [0.717, 1.165) is 49.4 Å². The van der Waals surface area contributed by atoms with Crippen molar-refractivity contribution in [3.8, 4) is 11.5 Å². The molecule has 0 fully saturated rings. The zero-order valence-electron chi connectivity index (χ0n) is 17.2. The van der Waals surface area contributed by atoms with Crippen molar-refractivity contribution in [2.75, 3.05) is 0 Å². The molecule has 4 aromatic carbocycles. The van der Waals surface area contributed by atoms with Crippen LogP contribution in [0.3, 0.4) is 0 Å². The second-order valence-electron chi connectivity index (χ2n) is 8.90. The molecule has 0 atom stereocenters. The van der Waals surface area contributed by atoms with E-state index in [2.05, 4.69) is 65.8 Å². The normalized spacial score (nSPS) is 12.5. The molecule has 0 bridgehead atoms. The summed E-state index contributed by atoms with van der Waals surface area (Å²) in [5, 5.41) is 4.42. The van der Waals surface area contributed by atoms with Gasteiger partial charge in [-0.05, 0) is 0 Å². The molecular formula is C26H21GeNO2. The summed E-state index contributed by atoms with van der Waals surface area (Å²) in [6.45, 7) is 0. The van der Waals surface area contributed by atoms with Crippen LogP contribution in [0.25, 0.3) is 55.3 Å². The molecule has 0 aliphatic rings. The Kier molecular flexibility index (Phi) is 3.69. The molecule has 0 amide bonds. The summed E-state index contributed by atoms with van der Waals surface area (Å²) in [7, 11) is 0. The molecular weight excluding hydrogens is 431 g/mol. The fourth-order valence-electron chi connectivity index (χ4n) is 4.23. The van der Waals surface area contributed by atoms with Crippen LogP contribution in [-0.4, -0.2) is 18.3 Å². The van der Waals surface area contributed by atoms with Crippen molar-refractivity contribution < 1.29 is 8.83 Å². The quantitative estimate of drug-likeness (QED) is 0.264. The fraction of sp³-hybridized carbons (Fsp3) is 0.115. The maximum absolute atomic E-state index is 6.50. The third-order valence-electron chi connectivity index (χ3n) is 5.85. The van der Waals surface area contributed by atoms with E-state index >= 15 is 0 Å². The summed E-state index contributed by atoms with van der Waals surface area (Å²) in [6, 6.07) is 25.2. The van der Waals surface area contributed by atoms with Crippen LogP contribution in [0.5, 0.6) is 0 Å². The van der Waals surface area contributed by atoms with Gasteiger partial charge in [0.25, 0.3) is 0 Å². The first kappa shape index (κ1) is 17.8. The van der Waals surface area contributed by atoms with Crippen LogP contribution in [0.2, 0.25) is 17.3 Å². The van der Waals surface area contributed by atoms with E-state index in [1.165, 1.54) is 4.40 Å². The van der Waals surface area contributed by atoms with Gasteiger partial charge in [-0.2, -0.15) is 0 Å². The second-order valence-corrected chi connectivity index (χ2v) is 19.6. The van der Waals surface area contributed by atoms with Gasteiger partial charge in [0, 0.05) is 0 Å². The summed E-state index contributed by atoms with van der Waals surface area (Å²) >= 11 is -1.97. The van der Waals surface area contributed by atoms with E-state index < -0.39 is 13.3 Å². The molecule has 30 heavy (non-hydrogen) atoms. The van der Waals surface area contributed by atoms with Gasteiger partial charge in [0.1, 0.15) is 0 Å². The number of hydrogen-bond acceptors (Lipinski definition) is 3. The number of hydrogen-bond donors (Lipinski definition) is 0. The van der Waals surface area contributed by atoms with Gasteiger partial charge >= 0.3 is 177 Å². The Balaban J connectivity index is 1.76. The number of rotatable bonds is 2. The molecule has 0 saturated heterocycles. The molecule has 0 unspecified atom stereocenters. The molecule has 2 aromatic heterocycles. The van der Waals surface area contributed by atoms with E-state index in [1.807, 2.05) is 24.3 Å². The minimum atomic E-state index is -1.97. The van der Waals surface area contributed by atoms with Gasteiger partial charge in [-0.1, -0.05) is 0 Å². The van der Waals surface area contributed by atoms with Crippen molar-refractivity contribution in [3.63, 3.8) is 0 Å². The second kappa shape index (κ2) is 6.22. The predicted molar refractivity (Wildman–Crippen MR) is 127 cm³/mol. The zero-order chi connectivity index (χ0) is 20.5. The summed E-state index contributed by atoms with van der Waals surface area (Å²) in [4.78, 5) is 4.78. The van der Waals surface area contributed by atoms with Crippen molar-refractivity contribution in [3.05, 3.63) is 72.8 Å². The van der Waals surface area contributed by atoms with Gasteiger partial charge in [0.15, 0.2) is 0 Å². The molecule has 0 radical (unpaired) electrons. The Bertz CT molecular complexity index is 1550. The summed E-state index contributed by atoms with van der Waals surface area (Å²) in [6.07, 6.45) is 0. The van der Waals surface area contributed by atoms with Gasteiger partial charge in [-0.25, -0.2) is 0 Å². The average Bonchev–Trinajstić information content (AvgIpc) is 3.34. The van der Waals surface area contributed by atoms with E-state index in [1.54, 1.807) is 0 Å². The maximum atomic E-state index is 6.50. The minimum absolute atomic E-state index is 0.632. The Hall–Kier alpha value is -3.05. The van der Waals surface area contributed by atoms with Crippen LogP contribution in [0.4, 0.5) is 0 Å². The van der Waals surface area contributed by atoms with Crippen molar-refractivity contribution in [1.29, 1.82) is 0 Å². The van der Waals surface area contributed by atoms with Gasteiger partial charge in [0.05, 0.1) is 0 Å². The van der Waals surface area contributed by atoms with Crippen LogP contribution in [0, 0.1) is 0 Å². The van der Waals surface area contributed by atoms with Crippen molar-refractivity contribution >= 4 is 61.5 Å². The Morgan fingerprint density at radius 1 is 0.733 bits per heavy atom. The fourth-order valence-corrected chi connectivity index (χ4v) is 6.64. The van der Waals surface area contributed by atoms with Gasteiger partial charge in [0.2, 0.25) is 0 Å². The molecule has 0 spiro atoms. The average molecular weight is 452 g/mol. The summed E-state index contributed by atoms with van der Waals surface area (Å²) in [5.41, 5.74) is 4.48. The Morgan fingerprint density at radius 3 is 2.37 bits per heavy atom. The number of furan rings is 1. The van der Waals surface area contributed by atoms with Crippen LogP contribution >= 0.6 is 0 Å². The molecule has 0 N–H and O–H groups in total. The standard InChI is InChI=1S/C26H21GeNO2/c1-27(2,3)17-12-13-19-23(15-17)29-25-18-9-5-4-8-16(18)14-20(24(19)25)26-28-21-10-6-7-11-22(21)30-26/h4-15H,1-3H3. The molecule has 4 heteroatoms. The van der Waals surface area contributed by atoms with Crippen molar-refractivity contribution in [2.45, 2.75) is 17.3 Å². The molecule has 0 saturated carbocycles. The van der Waals surface area contributed by atoms with Crippen LogP contribution in [0.1, 0.15) is 0 Å². The Morgan fingerprint density at radius 2 is 1.53 bits per heavy atom. The third kappa shape index (κ3) is 2.62. The molecule has 6 aromatic rings. The molecule has 6 rings (SSSR count). The van der Waals surface area contributed by atoms with E-state index in [4.69, 9.17) is 13.8 Å². The molecule has 146 valence electrons. The first-order valence-corrected chi connectivity index (χ1v) is 17.6. The topological polar surface area (TPSA) is 39.2 Å². The number of para-hydroxylation sites is 2. The molecule has 2 heterocycles. The number of benzene rings is 4. The van der Waals surface area contributed by atoms with Crippen LogP contribution in [0.15, 0.2) is 81.6 Å². The van der Waals surface area contributed by atoms with Gasteiger partial charge in [-0.3, -0.25) is 0 Å². The number of oxazole rings is 1. The van der Waals surface area contributed by atoms with Crippen molar-refractivity contribution in [2.24, 2.45) is 0 Å². The first-order chi connectivity index (χ1) is 14.5. The SMILES string of the molecule is [CH3][Ge]([CH3])([CH3])[c]1ccc2c(c1)oc1c3ccccc3cc(-c3nc4ccccc4o3)c21. The summed E-state index contributed by atoms with van der Waals surface area (Å²) < 4.78 is 14.1. The van der Waals surface area contributed by atoms with E-state index in [0.29, 0.717) is 5.89 Å². The van der Waals surface area contributed by atoms with Crippen LogP contribution in [-0.2, 0) is 0 Å². The number of nitrogens with zero attached hydrogens (tertiary/aromatic N) is 1. The Labute approximate surface area is 176 Å². The zero-order valence-corrected chi connectivity index (χ0v) is 19.3. The van der Waals surface area contributed by atoms with Gasteiger partial charge in [-0.15, -0.1) is 0 Å². The predicted octanol–water partition coefficient (Wildman–Crippen LogP) is 7.09. The monoisotopic (exact) mass is 453 g/mol. The molecule has 0 aliphatic carbocycles. The summed E-state index contributed by atoms with van der Waals surface area (Å²) in [5.74, 6) is 7.85. The molecule has 3 nitrogen and oxygen atoms in total. The first-order valence-electron chi connectivity index (χ1n) is 10.2. The number of aromatic nitrogens is 1. The van der Waals surface area contributed by atoms with E-state index in [9.17, 15) is 0 Å². The number of fused-ring (bicyclic) bond motifs is 6. The molecule has 0 aliphatic heterocycles. The third-order valence-corrected chi connectivity index (χ3v) is 10.1. The van der Waals surface area contributed by atoms with Crippen molar-refractivity contribution in [1.82, 2.24) is 4.98 Å². The van der Waals surface area contributed by atoms with E-state index in [-0.39, 0.29) is 0 Å². The van der Waals surface area contributed by atoms with Gasteiger partial charge < -0.3 is 0 Å². The van der Waals surface area contributed by atoms with Crippen LogP contribution < -0.4 is 4.40 Å².